The number of fused-ring (bicyclic) bond motifs is 3. The molecule has 6 nitrogen and oxygen atoms in total. The van der Waals surface area contributed by atoms with Gasteiger partial charge in [0, 0.05) is 43.7 Å². The molecular formula is C47H53N5O. The molecule has 0 N–H and O–H groups in total. The zero-order valence-corrected chi connectivity index (χ0v) is 32.2. The van der Waals surface area contributed by atoms with E-state index >= 15 is 0 Å². The van der Waals surface area contributed by atoms with Crippen molar-refractivity contribution in [1.82, 2.24) is 19.1 Å². The molecule has 0 fully saturated rings. The van der Waals surface area contributed by atoms with Gasteiger partial charge in [-0.2, -0.15) is 0 Å². The van der Waals surface area contributed by atoms with Crippen molar-refractivity contribution in [1.29, 1.82) is 0 Å². The van der Waals surface area contributed by atoms with E-state index in [9.17, 15) is 2.74 Å². The van der Waals surface area contributed by atoms with E-state index in [1.807, 2.05) is 50.4 Å². The minimum Gasteiger partial charge on any atom is -0.456 e. The van der Waals surface area contributed by atoms with Gasteiger partial charge in [0.05, 0.1) is 34.3 Å². The van der Waals surface area contributed by atoms with Gasteiger partial charge in [-0.3, -0.25) is 18.7 Å². The molecule has 7 aromatic rings. The number of rotatable bonds is 11. The summed E-state index contributed by atoms with van der Waals surface area (Å²) < 4.78 is 66.2. The maximum absolute atomic E-state index is 9.21. The van der Waals surface area contributed by atoms with Gasteiger partial charge in [0.2, 0.25) is 0 Å². The van der Waals surface area contributed by atoms with Gasteiger partial charge in [0.25, 0.3) is 6.33 Å². The zero-order chi connectivity index (χ0) is 42.8. The number of ether oxygens (including phenoxy) is 1. The number of pyridine rings is 2. The molecule has 0 atom stereocenters. The number of aromatic nitrogens is 5. The Balaban J connectivity index is 1.33. The molecular weight excluding hydrogens is 651 g/mol. The van der Waals surface area contributed by atoms with E-state index in [0.717, 1.165) is 27.6 Å². The Morgan fingerprint density at radius 1 is 0.755 bits per heavy atom. The van der Waals surface area contributed by atoms with E-state index in [0.29, 0.717) is 34.0 Å². The van der Waals surface area contributed by atoms with Crippen molar-refractivity contribution in [3.63, 3.8) is 0 Å². The highest BCUT2D eigenvalue weighted by Crippen LogP contribution is 2.36. The summed E-state index contributed by atoms with van der Waals surface area (Å²) in [7, 11) is 0. The molecule has 0 spiro atoms. The van der Waals surface area contributed by atoms with Crippen molar-refractivity contribution < 1.29 is 17.5 Å². The maximum Gasteiger partial charge on any atom is 0.269 e. The molecule has 0 radical (unpaired) electrons. The molecule has 7 rings (SSSR count). The summed E-state index contributed by atoms with van der Waals surface area (Å²) in [5.74, 6) is 0.637. The molecule has 6 heteroatoms. The molecule has 0 saturated carbocycles. The van der Waals surface area contributed by atoms with Crippen LogP contribution < -0.4 is 9.30 Å². The summed E-state index contributed by atoms with van der Waals surface area (Å²) in [5, 5.41) is 2.17. The van der Waals surface area contributed by atoms with Crippen LogP contribution in [0.2, 0.25) is 0 Å². The second-order valence-corrected chi connectivity index (χ2v) is 15.7. The van der Waals surface area contributed by atoms with Crippen LogP contribution in [0.1, 0.15) is 92.9 Å². The van der Waals surface area contributed by atoms with Crippen LogP contribution in [0.15, 0.2) is 104 Å². The van der Waals surface area contributed by atoms with Crippen molar-refractivity contribution in [2.75, 3.05) is 0 Å². The highest BCUT2D eigenvalue weighted by molar-refractivity contribution is 6.09. The average molecular weight is 710 g/mol. The molecule has 0 aliphatic heterocycles. The monoisotopic (exact) mass is 709 g/mol. The molecule has 3 aromatic carbocycles. The van der Waals surface area contributed by atoms with E-state index in [-0.39, 0.29) is 11.1 Å². The van der Waals surface area contributed by atoms with Crippen LogP contribution in [-0.2, 0) is 24.5 Å². The molecule has 0 bridgehead atoms. The number of nitrogens with zero attached hydrogens (tertiary/aromatic N) is 5. The molecule has 0 amide bonds. The predicted octanol–water partition coefficient (Wildman–Crippen LogP) is 11.1. The topological polar surface area (TPSA) is 48.8 Å². The summed E-state index contributed by atoms with van der Waals surface area (Å²) in [4.78, 5) is 9.31. The molecule has 272 valence electrons. The third-order valence-electron chi connectivity index (χ3n) is 8.92. The van der Waals surface area contributed by atoms with Crippen LogP contribution in [0.5, 0.6) is 11.5 Å². The number of imidazole rings is 1. The molecule has 4 heterocycles. The SMILES string of the molecule is [2H]C([2H])(c1cc(-[n+]2[c-]n(-c3cncc(Oc4ccc5c6ccccc6n(-c6cc(C(C)(C)C)ccn6)c5c4)c3)cc2C([2H])([2H])C(C)C)cc(C([2H])([2H])C(C)C)c1)C(C)C. The van der Waals surface area contributed by atoms with Gasteiger partial charge in [-0.15, -0.1) is 0 Å². The second-order valence-electron chi connectivity index (χ2n) is 15.7. The Morgan fingerprint density at radius 2 is 1.45 bits per heavy atom. The van der Waals surface area contributed by atoms with Crippen LogP contribution >= 0.6 is 0 Å². The highest BCUT2D eigenvalue weighted by atomic mass is 16.5. The Bertz CT molecular complexity index is 2630. The van der Waals surface area contributed by atoms with Gasteiger partial charge in [0.1, 0.15) is 17.3 Å². The van der Waals surface area contributed by atoms with Gasteiger partial charge in [-0.25, -0.2) is 4.98 Å². The van der Waals surface area contributed by atoms with Crippen LogP contribution in [0.4, 0.5) is 0 Å². The number of hydrogen-bond acceptors (Lipinski definition) is 3. The minimum absolute atomic E-state index is 0.0579. The average Bonchev–Trinajstić information content (AvgIpc) is 3.78. The lowest BCUT2D eigenvalue weighted by molar-refractivity contribution is -0.608. The van der Waals surface area contributed by atoms with Crippen LogP contribution in [0.25, 0.3) is 39.0 Å². The summed E-state index contributed by atoms with van der Waals surface area (Å²) >= 11 is 0. The van der Waals surface area contributed by atoms with E-state index in [1.165, 1.54) is 5.56 Å². The first kappa shape index (κ1) is 29.2. The fraction of sp³-hybridized carbons (Fsp3) is 0.340. The molecule has 0 aliphatic rings. The number of benzene rings is 3. The summed E-state index contributed by atoms with van der Waals surface area (Å²) in [5.41, 5.74) is 4.99. The molecule has 53 heavy (non-hydrogen) atoms. The van der Waals surface area contributed by atoms with Crippen molar-refractivity contribution in [3.05, 3.63) is 132 Å². The lowest BCUT2D eigenvalue weighted by atomic mass is 9.88. The fourth-order valence-electron chi connectivity index (χ4n) is 6.67. The molecule has 0 aliphatic carbocycles. The van der Waals surface area contributed by atoms with E-state index in [2.05, 4.69) is 67.0 Å². The Kier molecular flexibility index (Phi) is 8.09. The standard InChI is InChI=1S/C47H53N5O/c1-31(2)18-34-21-35(19-32(3)4)23-37(22-34)51-30-50(29-39(51)20-33(5)6)38-25-41(28-48-27-38)53-40-14-15-43-42-12-10-11-13-44(42)52(45(43)26-40)46-24-36(16-17-49-46)47(7,8)9/h10-17,21-29,31-33H,18-20H2,1-9H3/i18D2,19D2,20D2. The van der Waals surface area contributed by atoms with E-state index < -0.39 is 36.9 Å². The molecule has 0 unspecified atom stereocenters. The largest absolute Gasteiger partial charge is 0.456 e. The van der Waals surface area contributed by atoms with Crippen molar-refractivity contribution in [2.24, 2.45) is 17.8 Å². The quantitative estimate of drug-likeness (QED) is 0.0992. The zero-order valence-electron chi connectivity index (χ0n) is 38.2. The van der Waals surface area contributed by atoms with Crippen LogP contribution in [0, 0.1) is 24.1 Å². The summed E-state index contributed by atoms with van der Waals surface area (Å²) in [6.45, 7) is 17.4. The maximum atomic E-state index is 9.21. The van der Waals surface area contributed by atoms with Gasteiger partial charge >= 0.3 is 0 Å². The van der Waals surface area contributed by atoms with Gasteiger partial charge < -0.3 is 4.74 Å². The summed E-state index contributed by atoms with van der Waals surface area (Å²) in [6.07, 6.45) is 4.70. The van der Waals surface area contributed by atoms with Crippen molar-refractivity contribution >= 4 is 21.8 Å². The van der Waals surface area contributed by atoms with Gasteiger partial charge in [-0.05, 0) is 96.4 Å². The Morgan fingerprint density at radius 3 is 2.15 bits per heavy atom. The van der Waals surface area contributed by atoms with Crippen molar-refractivity contribution in [3.8, 4) is 28.7 Å². The molecule has 4 aromatic heterocycles. The Hall–Kier alpha value is -5.23. The third-order valence-corrected chi connectivity index (χ3v) is 8.92. The lowest BCUT2D eigenvalue weighted by Gasteiger charge is -2.20. The fourth-order valence-corrected chi connectivity index (χ4v) is 6.67. The summed E-state index contributed by atoms with van der Waals surface area (Å²) in [6, 6.07) is 25.3. The molecule has 0 saturated heterocycles. The lowest BCUT2D eigenvalue weighted by Crippen LogP contribution is -2.34. The minimum atomic E-state index is -1.84. The van der Waals surface area contributed by atoms with Crippen molar-refractivity contribution in [2.45, 2.75) is 86.8 Å². The first-order chi connectivity index (χ1) is 27.6. The Labute approximate surface area is 323 Å². The first-order valence-electron chi connectivity index (χ1n) is 21.5. The smallest absolute Gasteiger partial charge is 0.269 e. The van der Waals surface area contributed by atoms with Crippen LogP contribution in [-0.4, -0.2) is 19.1 Å². The highest BCUT2D eigenvalue weighted by Gasteiger charge is 2.19. The number of hydrogen-bond donors (Lipinski definition) is 0. The van der Waals surface area contributed by atoms with Crippen LogP contribution in [0.3, 0.4) is 0 Å². The normalized spacial score (nSPS) is 14.7. The van der Waals surface area contributed by atoms with E-state index in [1.54, 1.807) is 73.6 Å². The first-order valence-corrected chi connectivity index (χ1v) is 18.5. The second kappa shape index (κ2) is 14.7. The van der Waals surface area contributed by atoms with Gasteiger partial charge in [0.15, 0.2) is 0 Å². The number of para-hydroxylation sites is 1. The van der Waals surface area contributed by atoms with E-state index in [4.69, 9.17) is 15.2 Å². The third kappa shape index (κ3) is 7.92. The predicted molar refractivity (Wildman–Crippen MR) is 217 cm³/mol. The van der Waals surface area contributed by atoms with Gasteiger partial charge in [-0.1, -0.05) is 97.7 Å².